The molecular formula is C21H26N4O3. The molecule has 0 bridgehead atoms. The number of morpholine rings is 1. The van der Waals surface area contributed by atoms with Gasteiger partial charge in [-0.3, -0.25) is 9.59 Å². The number of aromatic nitrogens is 1. The summed E-state index contributed by atoms with van der Waals surface area (Å²) in [5, 5.41) is 2.90. The largest absolute Gasteiger partial charge is 0.378 e. The van der Waals surface area contributed by atoms with Crippen LogP contribution in [0.25, 0.3) is 0 Å². The van der Waals surface area contributed by atoms with Crippen LogP contribution in [0.3, 0.4) is 0 Å². The van der Waals surface area contributed by atoms with Crippen LogP contribution in [0.1, 0.15) is 34.6 Å². The summed E-state index contributed by atoms with van der Waals surface area (Å²) in [5.74, 6) is 0.359. The van der Waals surface area contributed by atoms with Gasteiger partial charge in [-0.15, -0.1) is 0 Å². The fourth-order valence-electron chi connectivity index (χ4n) is 3.22. The van der Waals surface area contributed by atoms with Crippen LogP contribution in [-0.2, 0) is 4.74 Å². The molecule has 0 unspecified atom stereocenters. The predicted octanol–water partition coefficient (Wildman–Crippen LogP) is 2.65. The van der Waals surface area contributed by atoms with E-state index in [0.29, 0.717) is 62.0 Å². The van der Waals surface area contributed by atoms with Crippen LogP contribution in [0.15, 0.2) is 42.6 Å². The first-order valence-corrected chi connectivity index (χ1v) is 9.62. The molecule has 7 nitrogen and oxygen atoms in total. The maximum absolute atomic E-state index is 12.9. The third-order valence-corrected chi connectivity index (χ3v) is 4.76. The van der Waals surface area contributed by atoms with Gasteiger partial charge in [-0.05, 0) is 44.2 Å². The molecule has 148 valence electrons. The van der Waals surface area contributed by atoms with E-state index in [1.807, 2.05) is 13.8 Å². The highest BCUT2D eigenvalue weighted by atomic mass is 16.5. The van der Waals surface area contributed by atoms with Crippen molar-refractivity contribution in [1.29, 1.82) is 0 Å². The third kappa shape index (κ3) is 4.48. The van der Waals surface area contributed by atoms with Crippen LogP contribution in [0, 0.1) is 0 Å². The van der Waals surface area contributed by atoms with Crippen molar-refractivity contribution in [3.05, 3.63) is 53.7 Å². The molecule has 0 atom stereocenters. The minimum Gasteiger partial charge on any atom is -0.378 e. The fraction of sp³-hybridized carbons (Fsp3) is 0.381. The van der Waals surface area contributed by atoms with E-state index in [1.165, 1.54) is 0 Å². The Bertz CT molecular complexity index is 830. The molecule has 1 fully saturated rings. The molecule has 1 N–H and O–H groups in total. The summed E-state index contributed by atoms with van der Waals surface area (Å²) >= 11 is 0. The molecule has 2 aromatic rings. The van der Waals surface area contributed by atoms with Gasteiger partial charge in [-0.1, -0.05) is 6.07 Å². The van der Waals surface area contributed by atoms with Crippen molar-refractivity contribution in [2.24, 2.45) is 0 Å². The van der Waals surface area contributed by atoms with Crippen molar-refractivity contribution in [3.8, 4) is 0 Å². The van der Waals surface area contributed by atoms with E-state index in [-0.39, 0.29) is 11.8 Å². The highest BCUT2D eigenvalue weighted by Crippen LogP contribution is 2.21. The van der Waals surface area contributed by atoms with Crippen molar-refractivity contribution in [2.75, 3.05) is 49.6 Å². The number of hydrogen-bond acceptors (Lipinski definition) is 5. The number of carbonyl (C=O) groups is 2. The average Bonchev–Trinajstić information content (AvgIpc) is 2.75. The first kappa shape index (κ1) is 19.8. The molecule has 1 aliphatic rings. The smallest absolute Gasteiger partial charge is 0.259 e. The number of nitrogens with zero attached hydrogens (tertiary/aromatic N) is 3. The van der Waals surface area contributed by atoms with E-state index in [4.69, 9.17) is 4.74 Å². The lowest BCUT2D eigenvalue weighted by Gasteiger charge is -2.29. The molecule has 0 saturated carbocycles. The number of benzene rings is 1. The van der Waals surface area contributed by atoms with Gasteiger partial charge >= 0.3 is 0 Å². The zero-order valence-electron chi connectivity index (χ0n) is 16.4. The van der Waals surface area contributed by atoms with E-state index in [1.54, 1.807) is 47.5 Å². The first-order chi connectivity index (χ1) is 13.6. The average molecular weight is 382 g/mol. The molecule has 0 spiro atoms. The predicted molar refractivity (Wildman–Crippen MR) is 109 cm³/mol. The minimum absolute atomic E-state index is 0.0449. The van der Waals surface area contributed by atoms with Crippen molar-refractivity contribution in [1.82, 2.24) is 9.88 Å². The fourth-order valence-corrected chi connectivity index (χ4v) is 3.22. The lowest BCUT2D eigenvalue weighted by molar-refractivity contribution is 0.0772. The van der Waals surface area contributed by atoms with Gasteiger partial charge in [0.1, 0.15) is 5.82 Å². The van der Waals surface area contributed by atoms with E-state index >= 15 is 0 Å². The lowest BCUT2D eigenvalue weighted by Crippen LogP contribution is -2.38. The van der Waals surface area contributed by atoms with E-state index < -0.39 is 0 Å². The molecule has 2 heterocycles. The second-order valence-electron chi connectivity index (χ2n) is 6.49. The Labute approximate surface area is 165 Å². The maximum Gasteiger partial charge on any atom is 0.259 e. The van der Waals surface area contributed by atoms with Crippen molar-refractivity contribution < 1.29 is 14.3 Å². The monoisotopic (exact) mass is 382 g/mol. The normalized spacial score (nSPS) is 13.9. The highest BCUT2D eigenvalue weighted by Gasteiger charge is 2.20. The van der Waals surface area contributed by atoms with Crippen LogP contribution in [-0.4, -0.2) is 61.1 Å². The molecule has 0 aliphatic carbocycles. The molecule has 1 saturated heterocycles. The summed E-state index contributed by atoms with van der Waals surface area (Å²) in [6.07, 6.45) is 1.69. The van der Waals surface area contributed by atoms with Crippen LogP contribution in [0.2, 0.25) is 0 Å². The first-order valence-electron chi connectivity index (χ1n) is 9.62. The van der Waals surface area contributed by atoms with E-state index in [2.05, 4.69) is 15.2 Å². The van der Waals surface area contributed by atoms with Gasteiger partial charge in [0.2, 0.25) is 0 Å². The van der Waals surface area contributed by atoms with Crippen LogP contribution < -0.4 is 10.2 Å². The van der Waals surface area contributed by atoms with Crippen LogP contribution in [0.4, 0.5) is 11.5 Å². The molecule has 1 aliphatic heterocycles. The third-order valence-electron chi connectivity index (χ3n) is 4.76. The molecule has 0 radical (unpaired) electrons. The van der Waals surface area contributed by atoms with E-state index in [9.17, 15) is 9.59 Å². The van der Waals surface area contributed by atoms with Crippen molar-refractivity contribution in [3.63, 3.8) is 0 Å². The standard InChI is InChI=1S/C21H26N4O3/c1-3-24(4-2)21(27)16-7-5-8-17(15-16)23-20(26)18-9-6-10-22-19(18)25-11-13-28-14-12-25/h5-10,15H,3-4,11-14H2,1-2H3,(H,23,26). The Morgan fingerprint density at radius 3 is 2.61 bits per heavy atom. The number of nitrogens with one attached hydrogen (secondary N) is 1. The number of pyridine rings is 1. The van der Waals surface area contributed by atoms with Gasteiger partial charge in [0.05, 0.1) is 18.8 Å². The number of amides is 2. The number of ether oxygens (including phenoxy) is 1. The van der Waals surface area contributed by atoms with Gasteiger partial charge in [0, 0.05) is 43.6 Å². The van der Waals surface area contributed by atoms with Crippen LogP contribution >= 0.6 is 0 Å². The molecule has 2 amide bonds. The second-order valence-corrected chi connectivity index (χ2v) is 6.49. The van der Waals surface area contributed by atoms with E-state index in [0.717, 1.165) is 0 Å². The molecular weight excluding hydrogens is 356 g/mol. The van der Waals surface area contributed by atoms with Gasteiger partial charge < -0.3 is 19.9 Å². The minimum atomic E-state index is -0.248. The summed E-state index contributed by atoms with van der Waals surface area (Å²) in [5.41, 5.74) is 1.64. The Hall–Kier alpha value is -2.93. The molecule has 7 heteroatoms. The summed E-state index contributed by atoms with van der Waals surface area (Å²) in [6, 6.07) is 10.5. The van der Waals surface area contributed by atoms with Crippen molar-refractivity contribution in [2.45, 2.75) is 13.8 Å². The number of rotatable bonds is 6. The Morgan fingerprint density at radius 1 is 1.14 bits per heavy atom. The lowest BCUT2D eigenvalue weighted by atomic mass is 10.1. The van der Waals surface area contributed by atoms with Gasteiger partial charge in [-0.2, -0.15) is 0 Å². The Morgan fingerprint density at radius 2 is 1.89 bits per heavy atom. The zero-order valence-corrected chi connectivity index (χ0v) is 16.4. The second kappa shape index (κ2) is 9.32. The van der Waals surface area contributed by atoms with Gasteiger partial charge in [0.15, 0.2) is 0 Å². The molecule has 28 heavy (non-hydrogen) atoms. The summed E-state index contributed by atoms with van der Waals surface area (Å²) in [6.45, 7) is 7.82. The maximum atomic E-state index is 12.9. The molecule has 3 rings (SSSR count). The Kier molecular flexibility index (Phi) is 6.60. The van der Waals surface area contributed by atoms with Crippen molar-refractivity contribution >= 4 is 23.3 Å². The summed E-state index contributed by atoms with van der Waals surface area (Å²) in [7, 11) is 0. The quantitative estimate of drug-likeness (QED) is 0.831. The Balaban J connectivity index is 1.79. The topological polar surface area (TPSA) is 74.8 Å². The molecule has 1 aromatic carbocycles. The summed E-state index contributed by atoms with van der Waals surface area (Å²) < 4.78 is 5.38. The molecule has 1 aromatic heterocycles. The van der Waals surface area contributed by atoms with Gasteiger partial charge in [-0.25, -0.2) is 4.98 Å². The summed E-state index contributed by atoms with van der Waals surface area (Å²) in [4.78, 5) is 33.7. The zero-order chi connectivity index (χ0) is 19.9. The number of carbonyl (C=O) groups excluding carboxylic acids is 2. The SMILES string of the molecule is CCN(CC)C(=O)c1cccc(NC(=O)c2cccnc2N2CCOCC2)c1. The number of hydrogen-bond donors (Lipinski definition) is 1. The number of anilines is 2. The van der Waals surface area contributed by atoms with Crippen LogP contribution in [0.5, 0.6) is 0 Å². The van der Waals surface area contributed by atoms with Gasteiger partial charge in [0.25, 0.3) is 11.8 Å². The highest BCUT2D eigenvalue weighted by molar-refractivity contribution is 6.08.